The van der Waals surface area contributed by atoms with Crippen molar-refractivity contribution in [1.29, 1.82) is 0 Å². The second-order valence-corrected chi connectivity index (χ2v) is 7.76. The predicted molar refractivity (Wildman–Crippen MR) is 100 cm³/mol. The van der Waals surface area contributed by atoms with E-state index in [1.54, 1.807) is 0 Å². The molecule has 0 aromatic carbocycles. The Labute approximate surface area is 153 Å². The van der Waals surface area contributed by atoms with Crippen molar-refractivity contribution < 1.29 is 9.59 Å². The molecule has 4 aliphatic carbocycles. The zero-order valence-electron chi connectivity index (χ0n) is 15.0. The highest BCUT2D eigenvalue weighted by Crippen LogP contribution is 2.40. The highest BCUT2D eigenvalue weighted by atomic mass is 16.2. The Morgan fingerprint density at radius 3 is 1.73 bits per heavy atom. The molecule has 6 heteroatoms. The topological polar surface area (TPSA) is 82.9 Å². The number of hydrogen-bond donors (Lipinski definition) is 2. The first-order valence-corrected chi connectivity index (χ1v) is 9.74. The van der Waals surface area contributed by atoms with Gasteiger partial charge in [0.25, 0.3) is 0 Å². The van der Waals surface area contributed by atoms with Crippen molar-refractivity contribution in [2.45, 2.75) is 51.4 Å². The molecule has 4 aliphatic rings. The summed E-state index contributed by atoms with van der Waals surface area (Å²) in [5.41, 5.74) is 7.54. The molecule has 0 aromatic rings. The van der Waals surface area contributed by atoms with Crippen LogP contribution in [0, 0.1) is 23.7 Å². The first kappa shape index (κ1) is 17.2. The summed E-state index contributed by atoms with van der Waals surface area (Å²) in [5.74, 6) is 2.19. The lowest BCUT2D eigenvalue weighted by molar-refractivity contribution is -0.123. The highest BCUT2D eigenvalue weighted by molar-refractivity contribution is 5.95. The second-order valence-electron chi connectivity index (χ2n) is 7.76. The third-order valence-electron chi connectivity index (χ3n) is 6.03. The molecule has 26 heavy (non-hydrogen) atoms. The van der Waals surface area contributed by atoms with Crippen molar-refractivity contribution in [2.75, 3.05) is 0 Å². The first-order valence-electron chi connectivity index (χ1n) is 9.74. The van der Waals surface area contributed by atoms with Crippen molar-refractivity contribution in [1.82, 2.24) is 10.9 Å². The quantitative estimate of drug-likeness (QED) is 0.419. The van der Waals surface area contributed by atoms with Crippen LogP contribution in [-0.2, 0) is 9.59 Å². The van der Waals surface area contributed by atoms with Crippen molar-refractivity contribution in [3.63, 3.8) is 0 Å². The lowest BCUT2D eigenvalue weighted by Gasteiger charge is -2.31. The number of carbonyl (C=O) groups excluding carboxylic acids is 2. The molecule has 4 rings (SSSR count). The van der Waals surface area contributed by atoms with E-state index in [0.29, 0.717) is 49.4 Å². The van der Waals surface area contributed by atoms with Gasteiger partial charge >= 0.3 is 0 Å². The largest absolute Gasteiger partial charge is 0.273 e. The van der Waals surface area contributed by atoms with Gasteiger partial charge in [0.1, 0.15) is 0 Å². The number of allylic oxidation sites excluding steroid dienone is 4. The van der Waals surface area contributed by atoms with Crippen LogP contribution in [0.2, 0.25) is 0 Å². The van der Waals surface area contributed by atoms with Gasteiger partial charge in [-0.2, -0.15) is 10.2 Å². The number of rotatable bonds is 7. The zero-order chi connectivity index (χ0) is 17.9. The van der Waals surface area contributed by atoms with Gasteiger partial charge in [0.15, 0.2) is 0 Å². The molecule has 2 fully saturated rings. The van der Waals surface area contributed by atoms with E-state index in [2.05, 4.69) is 45.4 Å². The van der Waals surface area contributed by atoms with E-state index in [0.717, 1.165) is 37.1 Å². The Morgan fingerprint density at radius 2 is 1.31 bits per heavy atom. The SMILES string of the molecule is O=C(CCCCC(=O)N/N=C1\CC2C=CCC12)N/N=C1/CC2C=CCC12. The standard InChI is InChI=1S/C20H26N4O2/c25-19(23-21-17-11-13-5-3-7-15(13)17)9-1-2-10-20(26)24-22-18-12-14-6-4-8-16(14)18/h3-6,13-16H,1-2,7-12H2,(H,23,25)(H,24,26)/b21-17-,22-18+. The van der Waals surface area contributed by atoms with Crippen molar-refractivity contribution in [3.05, 3.63) is 24.3 Å². The van der Waals surface area contributed by atoms with E-state index >= 15 is 0 Å². The molecule has 4 atom stereocenters. The molecule has 2 amide bonds. The lowest BCUT2D eigenvalue weighted by atomic mass is 9.74. The minimum Gasteiger partial charge on any atom is -0.273 e. The molecule has 4 unspecified atom stereocenters. The molecule has 2 saturated carbocycles. The van der Waals surface area contributed by atoms with Gasteiger partial charge in [0.05, 0.1) is 0 Å². The fourth-order valence-electron chi connectivity index (χ4n) is 4.28. The molecular weight excluding hydrogens is 328 g/mol. The van der Waals surface area contributed by atoms with Gasteiger partial charge in [-0.3, -0.25) is 9.59 Å². The Bertz CT molecular complexity index is 647. The van der Waals surface area contributed by atoms with E-state index in [1.807, 2.05) is 0 Å². The van der Waals surface area contributed by atoms with Crippen molar-refractivity contribution >= 4 is 23.2 Å². The number of nitrogens with zero attached hydrogens (tertiary/aromatic N) is 2. The van der Waals surface area contributed by atoms with Gasteiger partial charge < -0.3 is 0 Å². The Balaban J connectivity index is 1.06. The van der Waals surface area contributed by atoms with Gasteiger partial charge in [-0.25, -0.2) is 10.9 Å². The molecular formula is C20H26N4O2. The average molecular weight is 354 g/mol. The summed E-state index contributed by atoms with van der Waals surface area (Å²) in [6, 6.07) is 0. The van der Waals surface area contributed by atoms with Gasteiger partial charge in [-0.15, -0.1) is 0 Å². The van der Waals surface area contributed by atoms with Gasteiger partial charge in [0.2, 0.25) is 11.8 Å². The Morgan fingerprint density at radius 1 is 0.846 bits per heavy atom. The molecule has 0 aliphatic heterocycles. The molecule has 0 spiro atoms. The molecule has 138 valence electrons. The fraction of sp³-hybridized carbons (Fsp3) is 0.600. The number of unbranched alkanes of at least 4 members (excludes halogenated alkanes) is 1. The molecule has 0 radical (unpaired) electrons. The third-order valence-corrected chi connectivity index (χ3v) is 6.03. The average Bonchev–Trinajstić information content (AvgIpc) is 3.15. The van der Waals surface area contributed by atoms with Crippen molar-refractivity contribution in [2.24, 2.45) is 33.9 Å². The summed E-state index contributed by atoms with van der Waals surface area (Å²) >= 11 is 0. The first-order chi connectivity index (χ1) is 12.7. The van der Waals surface area contributed by atoms with Crippen molar-refractivity contribution in [3.8, 4) is 0 Å². The van der Waals surface area contributed by atoms with Crippen LogP contribution in [0.3, 0.4) is 0 Å². The molecule has 6 nitrogen and oxygen atoms in total. The number of hydrazone groups is 2. The van der Waals surface area contributed by atoms with Crippen LogP contribution in [0.25, 0.3) is 0 Å². The number of amides is 2. The van der Waals surface area contributed by atoms with Crippen LogP contribution < -0.4 is 10.9 Å². The highest BCUT2D eigenvalue weighted by Gasteiger charge is 2.38. The fourth-order valence-corrected chi connectivity index (χ4v) is 4.28. The Kier molecular flexibility index (Phi) is 5.00. The van der Waals surface area contributed by atoms with E-state index in [4.69, 9.17) is 0 Å². The number of hydrogen-bond acceptors (Lipinski definition) is 4. The van der Waals surface area contributed by atoms with Crippen LogP contribution in [0.15, 0.2) is 34.5 Å². The van der Waals surface area contributed by atoms with Crippen LogP contribution in [0.1, 0.15) is 51.4 Å². The van der Waals surface area contributed by atoms with E-state index < -0.39 is 0 Å². The minimum atomic E-state index is -0.0678. The molecule has 0 bridgehead atoms. The molecule has 0 aromatic heterocycles. The number of carbonyl (C=O) groups is 2. The summed E-state index contributed by atoms with van der Waals surface area (Å²) < 4.78 is 0. The summed E-state index contributed by atoms with van der Waals surface area (Å²) in [6.45, 7) is 0. The van der Waals surface area contributed by atoms with Crippen LogP contribution in [0.4, 0.5) is 0 Å². The van der Waals surface area contributed by atoms with Gasteiger partial charge in [-0.1, -0.05) is 24.3 Å². The monoisotopic (exact) mass is 354 g/mol. The third kappa shape index (κ3) is 3.64. The molecule has 2 N–H and O–H groups in total. The van der Waals surface area contributed by atoms with Gasteiger partial charge in [-0.05, 0) is 50.4 Å². The summed E-state index contributed by atoms with van der Waals surface area (Å²) in [6.07, 6.45) is 15.1. The molecule has 0 saturated heterocycles. The van der Waals surface area contributed by atoms with Crippen LogP contribution in [-0.4, -0.2) is 23.2 Å². The van der Waals surface area contributed by atoms with Crippen LogP contribution >= 0.6 is 0 Å². The summed E-state index contributed by atoms with van der Waals surface area (Å²) in [4.78, 5) is 23.7. The smallest absolute Gasteiger partial charge is 0.240 e. The normalized spacial score (nSPS) is 33.5. The van der Waals surface area contributed by atoms with E-state index in [9.17, 15) is 9.59 Å². The minimum absolute atomic E-state index is 0.0678. The number of fused-ring (bicyclic) bond motifs is 2. The maximum atomic E-state index is 11.8. The summed E-state index contributed by atoms with van der Waals surface area (Å²) in [7, 11) is 0. The zero-order valence-corrected chi connectivity index (χ0v) is 15.0. The molecule has 0 heterocycles. The predicted octanol–water partition coefficient (Wildman–Crippen LogP) is 2.68. The lowest BCUT2D eigenvalue weighted by Crippen LogP contribution is -2.35. The maximum Gasteiger partial charge on any atom is 0.240 e. The van der Waals surface area contributed by atoms with Gasteiger partial charge in [0, 0.05) is 36.1 Å². The maximum absolute atomic E-state index is 11.8. The summed E-state index contributed by atoms with van der Waals surface area (Å²) in [5, 5.41) is 8.50. The second kappa shape index (κ2) is 7.56. The van der Waals surface area contributed by atoms with E-state index in [-0.39, 0.29) is 11.8 Å². The number of nitrogens with one attached hydrogen (secondary N) is 2. The Hall–Kier alpha value is -2.24. The van der Waals surface area contributed by atoms with E-state index in [1.165, 1.54) is 0 Å². The van der Waals surface area contributed by atoms with Crippen LogP contribution in [0.5, 0.6) is 0 Å².